The highest BCUT2D eigenvalue weighted by Crippen LogP contribution is 2.38. The van der Waals surface area contributed by atoms with E-state index in [1.165, 1.54) is 32.7 Å². The molecular weight excluding hydrogens is 560 g/mol. The molecule has 46 heavy (non-hydrogen) atoms. The van der Waals surface area contributed by atoms with E-state index < -0.39 is 0 Å². The smallest absolute Gasteiger partial charge is 0.160 e. The highest BCUT2D eigenvalue weighted by molar-refractivity contribution is 6.20. The summed E-state index contributed by atoms with van der Waals surface area (Å²) < 4.78 is 4.67. The molecule has 0 saturated carbocycles. The van der Waals surface area contributed by atoms with Gasteiger partial charge in [-0.3, -0.25) is 0 Å². The standard InChI is InChI=1S/C42H28N4/c1-4-12-29(13-5-1)36-28-37(30-14-6-2-7-15-30)44-42(43-36)32-20-23-33(24-21-32)45-27-26-31-22-25-39-40(41(31)45)35-18-10-11-19-38(35)46(39)34-16-8-3-9-17-34/h1-28H. The van der Waals surface area contributed by atoms with Gasteiger partial charge in [-0.2, -0.15) is 0 Å². The van der Waals surface area contributed by atoms with Crippen molar-refractivity contribution < 1.29 is 0 Å². The predicted octanol–water partition coefficient (Wildman–Crippen LogP) is 10.5. The Balaban J connectivity index is 1.19. The highest BCUT2D eigenvalue weighted by atomic mass is 15.0. The number of hydrogen-bond donors (Lipinski definition) is 0. The SMILES string of the molecule is c1ccc(-c2cc(-c3ccccc3)nc(-c3ccc(-n4ccc5ccc6c(c7ccccc7n6-c6ccccc6)c54)cc3)n2)cc1. The molecule has 0 aliphatic carbocycles. The fourth-order valence-electron chi connectivity index (χ4n) is 6.61. The van der Waals surface area contributed by atoms with Gasteiger partial charge in [-0.15, -0.1) is 0 Å². The average molecular weight is 589 g/mol. The molecule has 0 aliphatic heterocycles. The van der Waals surface area contributed by atoms with Gasteiger partial charge in [0.25, 0.3) is 0 Å². The maximum absolute atomic E-state index is 5.03. The van der Waals surface area contributed by atoms with E-state index in [1.807, 2.05) is 36.4 Å². The molecule has 3 aromatic heterocycles. The van der Waals surface area contributed by atoms with Crippen LogP contribution in [-0.2, 0) is 0 Å². The van der Waals surface area contributed by atoms with Crippen molar-refractivity contribution in [2.24, 2.45) is 0 Å². The van der Waals surface area contributed by atoms with Crippen LogP contribution in [0.5, 0.6) is 0 Å². The van der Waals surface area contributed by atoms with E-state index in [0.29, 0.717) is 5.82 Å². The van der Waals surface area contributed by atoms with E-state index in [1.54, 1.807) is 0 Å². The van der Waals surface area contributed by atoms with Crippen molar-refractivity contribution in [3.8, 4) is 45.3 Å². The lowest BCUT2D eigenvalue weighted by molar-refractivity contribution is 1.13. The van der Waals surface area contributed by atoms with Crippen LogP contribution in [-0.4, -0.2) is 19.1 Å². The third-order valence-electron chi connectivity index (χ3n) is 8.77. The van der Waals surface area contributed by atoms with Gasteiger partial charge in [-0.05, 0) is 60.7 Å². The lowest BCUT2D eigenvalue weighted by atomic mass is 10.1. The number of rotatable bonds is 5. The Hall–Kier alpha value is -6.26. The van der Waals surface area contributed by atoms with Crippen molar-refractivity contribution in [1.82, 2.24) is 19.1 Å². The Kier molecular flexibility index (Phi) is 6.10. The van der Waals surface area contributed by atoms with Crippen molar-refractivity contribution in [2.75, 3.05) is 0 Å². The molecule has 0 atom stereocenters. The molecule has 0 amide bonds. The van der Waals surface area contributed by atoms with Crippen molar-refractivity contribution >= 4 is 32.7 Å². The van der Waals surface area contributed by atoms with Gasteiger partial charge in [0.2, 0.25) is 0 Å². The third-order valence-corrected chi connectivity index (χ3v) is 8.77. The molecule has 4 nitrogen and oxygen atoms in total. The highest BCUT2D eigenvalue weighted by Gasteiger charge is 2.17. The summed E-state index contributed by atoms with van der Waals surface area (Å²) in [5.41, 5.74) is 10.7. The second-order valence-electron chi connectivity index (χ2n) is 11.5. The summed E-state index contributed by atoms with van der Waals surface area (Å²) in [6.45, 7) is 0. The molecule has 4 heteroatoms. The molecule has 3 heterocycles. The molecule has 0 unspecified atom stereocenters. The van der Waals surface area contributed by atoms with Gasteiger partial charge < -0.3 is 9.13 Å². The molecule has 0 N–H and O–H groups in total. The van der Waals surface area contributed by atoms with E-state index in [9.17, 15) is 0 Å². The largest absolute Gasteiger partial charge is 0.316 e. The Morgan fingerprint density at radius 1 is 0.435 bits per heavy atom. The third kappa shape index (κ3) is 4.31. The first-order valence-electron chi connectivity index (χ1n) is 15.5. The molecule has 0 saturated heterocycles. The summed E-state index contributed by atoms with van der Waals surface area (Å²) in [5.74, 6) is 0.706. The minimum absolute atomic E-state index is 0.706. The quantitative estimate of drug-likeness (QED) is 0.200. The molecule has 9 rings (SSSR count). The zero-order valence-corrected chi connectivity index (χ0v) is 25.0. The lowest BCUT2D eigenvalue weighted by Crippen LogP contribution is -1.97. The molecule has 216 valence electrons. The van der Waals surface area contributed by atoms with Gasteiger partial charge >= 0.3 is 0 Å². The van der Waals surface area contributed by atoms with E-state index in [-0.39, 0.29) is 0 Å². The van der Waals surface area contributed by atoms with E-state index in [4.69, 9.17) is 9.97 Å². The topological polar surface area (TPSA) is 35.6 Å². The average Bonchev–Trinajstić information content (AvgIpc) is 3.72. The van der Waals surface area contributed by atoms with Gasteiger partial charge in [-0.25, -0.2) is 9.97 Å². The second-order valence-corrected chi connectivity index (χ2v) is 11.5. The fourth-order valence-corrected chi connectivity index (χ4v) is 6.61. The molecular formula is C42H28N4. The van der Waals surface area contributed by atoms with Crippen molar-refractivity contribution in [3.05, 3.63) is 170 Å². The maximum Gasteiger partial charge on any atom is 0.160 e. The molecule has 9 aromatic rings. The van der Waals surface area contributed by atoms with Crippen molar-refractivity contribution in [3.63, 3.8) is 0 Å². The van der Waals surface area contributed by atoms with E-state index in [2.05, 4.69) is 143 Å². The molecule has 0 radical (unpaired) electrons. The normalized spacial score (nSPS) is 11.5. The van der Waals surface area contributed by atoms with Gasteiger partial charge in [0.1, 0.15) is 0 Å². The van der Waals surface area contributed by atoms with Gasteiger partial charge in [0.05, 0.1) is 27.9 Å². The van der Waals surface area contributed by atoms with Crippen LogP contribution < -0.4 is 0 Å². The Morgan fingerprint density at radius 3 is 1.72 bits per heavy atom. The first-order valence-corrected chi connectivity index (χ1v) is 15.5. The van der Waals surface area contributed by atoms with Crippen LogP contribution in [0.2, 0.25) is 0 Å². The minimum Gasteiger partial charge on any atom is -0.316 e. The molecule has 0 bridgehead atoms. The van der Waals surface area contributed by atoms with Gasteiger partial charge in [0.15, 0.2) is 5.82 Å². The van der Waals surface area contributed by atoms with Gasteiger partial charge in [-0.1, -0.05) is 103 Å². The van der Waals surface area contributed by atoms with E-state index in [0.717, 1.165) is 39.5 Å². The molecule has 0 aliphatic rings. The lowest BCUT2D eigenvalue weighted by Gasteiger charge is -2.11. The van der Waals surface area contributed by atoms with Crippen LogP contribution >= 0.6 is 0 Å². The number of benzene rings is 6. The van der Waals surface area contributed by atoms with Crippen molar-refractivity contribution in [1.29, 1.82) is 0 Å². The van der Waals surface area contributed by atoms with Crippen LogP contribution in [0.15, 0.2) is 170 Å². The van der Waals surface area contributed by atoms with Gasteiger partial charge in [0, 0.05) is 50.4 Å². The molecule has 0 spiro atoms. The fraction of sp³-hybridized carbons (Fsp3) is 0. The number of fused-ring (bicyclic) bond motifs is 5. The Labute approximate surface area is 266 Å². The zero-order valence-electron chi connectivity index (χ0n) is 25.0. The number of para-hydroxylation sites is 2. The summed E-state index contributed by atoms with van der Waals surface area (Å²) in [7, 11) is 0. The Morgan fingerprint density at radius 2 is 1.04 bits per heavy atom. The Bertz CT molecular complexity index is 2430. The monoisotopic (exact) mass is 588 g/mol. The zero-order chi connectivity index (χ0) is 30.5. The predicted molar refractivity (Wildman–Crippen MR) is 190 cm³/mol. The maximum atomic E-state index is 5.03. The number of aromatic nitrogens is 4. The van der Waals surface area contributed by atoms with Crippen LogP contribution in [0.4, 0.5) is 0 Å². The van der Waals surface area contributed by atoms with Crippen LogP contribution in [0.1, 0.15) is 0 Å². The van der Waals surface area contributed by atoms with Crippen LogP contribution in [0.25, 0.3) is 78.0 Å². The number of nitrogens with zero attached hydrogens (tertiary/aromatic N) is 4. The van der Waals surface area contributed by atoms with E-state index >= 15 is 0 Å². The van der Waals surface area contributed by atoms with Crippen LogP contribution in [0.3, 0.4) is 0 Å². The van der Waals surface area contributed by atoms with Crippen molar-refractivity contribution in [2.45, 2.75) is 0 Å². The summed E-state index contributed by atoms with van der Waals surface area (Å²) in [4.78, 5) is 10.1. The first-order chi connectivity index (χ1) is 22.8. The summed E-state index contributed by atoms with van der Waals surface area (Å²) in [6, 6.07) is 57.3. The molecule has 6 aromatic carbocycles. The first kappa shape index (κ1) is 26.2. The summed E-state index contributed by atoms with van der Waals surface area (Å²) in [6.07, 6.45) is 2.17. The number of hydrogen-bond acceptors (Lipinski definition) is 2. The van der Waals surface area contributed by atoms with Crippen LogP contribution in [0, 0.1) is 0 Å². The second kappa shape index (κ2) is 10.7. The minimum atomic E-state index is 0.706. The summed E-state index contributed by atoms with van der Waals surface area (Å²) in [5, 5.41) is 3.69. The summed E-state index contributed by atoms with van der Waals surface area (Å²) >= 11 is 0. The molecule has 0 fully saturated rings.